The van der Waals surface area contributed by atoms with Gasteiger partial charge in [-0.15, -0.1) is 10.2 Å². The largest absolute Gasteiger partial charge is 0.494 e. The lowest BCUT2D eigenvalue weighted by Crippen LogP contribution is -2.19. The predicted molar refractivity (Wildman–Crippen MR) is 130 cm³/mol. The molecule has 1 aromatic heterocycles. The number of ether oxygens (including phenoxy) is 1. The Bertz CT molecular complexity index is 1010. The van der Waals surface area contributed by atoms with Crippen LogP contribution in [0.5, 0.6) is 5.75 Å². The van der Waals surface area contributed by atoms with Gasteiger partial charge in [-0.25, -0.2) is 5.43 Å². The lowest BCUT2D eigenvalue weighted by molar-refractivity contribution is -0.118. The van der Waals surface area contributed by atoms with Crippen LogP contribution >= 0.6 is 46.5 Å². The quantitative estimate of drug-likeness (QED) is 0.216. The van der Waals surface area contributed by atoms with Gasteiger partial charge in [-0.1, -0.05) is 71.6 Å². The molecule has 1 amide bonds. The Morgan fingerprint density at radius 3 is 2.65 bits per heavy atom. The number of hydrogen-bond donors (Lipinski definition) is 1. The third-order valence-corrected chi connectivity index (χ3v) is 7.39. The molecule has 0 fully saturated rings. The summed E-state index contributed by atoms with van der Waals surface area (Å²) >= 11 is 10.5. The Morgan fingerprint density at radius 1 is 1.16 bits per heavy atom. The molecule has 3 aromatic rings. The van der Waals surface area contributed by atoms with Gasteiger partial charge in [-0.2, -0.15) is 5.10 Å². The van der Waals surface area contributed by atoms with E-state index in [9.17, 15) is 4.79 Å². The molecule has 10 heteroatoms. The Kier molecular flexibility index (Phi) is 9.67. The fourth-order valence-corrected chi connectivity index (χ4v) is 5.38. The maximum absolute atomic E-state index is 12.0. The van der Waals surface area contributed by atoms with E-state index in [0.717, 1.165) is 42.8 Å². The van der Waals surface area contributed by atoms with E-state index in [-0.39, 0.29) is 11.7 Å². The zero-order valence-electron chi connectivity index (χ0n) is 16.8. The van der Waals surface area contributed by atoms with Gasteiger partial charge >= 0.3 is 0 Å². The molecule has 0 atom stereocenters. The molecule has 1 N–H and O–H groups in total. The first-order chi connectivity index (χ1) is 15.1. The summed E-state index contributed by atoms with van der Waals surface area (Å²) in [7, 11) is 0. The van der Waals surface area contributed by atoms with Crippen LogP contribution in [-0.2, 0) is 10.5 Å². The lowest BCUT2D eigenvalue weighted by atomic mass is 10.2. The molecule has 3 rings (SSSR count). The zero-order chi connectivity index (χ0) is 21.9. The Balaban J connectivity index is 1.38. The summed E-state index contributed by atoms with van der Waals surface area (Å²) in [6.45, 7) is 2.75. The SMILES string of the molecule is CCCOc1ccc(C=NNC(=O)CSc2nnc(SCc3ccccc3Cl)s2)cc1. The van der Waals surface area contributed by atoms with E-state index in [1.54, 1.807) is 18.0 Å². The molecule has 31 heavy (non-hydrogen) atoms. The van der Waals surface area contributed by atoms with Crippen LogP contribution < -0.4 is 10.2 Å². The van der Waals surface area contributed by atoms with E-state index < -0.39 is 0 Å². The van der Waals surface area contributed by atoms with E-state index in [1.165, 1.54) is 23.1 Å². The zero-order valence-corrected chi connectivity index (χ0v) is 20.0. The second-order valence-electron chi connectivity index (χ2n) is 6.21. The van der Waals surface area contributed by atoms with Crippen molar-refractivity contribution in [3.8, 4) is 5.75 Å². The molecule has 0 aliphatic heterocycles. The molecule has 162 valence electrons. The monoisotopic (exact) mass is 492 g/mol. The van der Waals surface area contributed by atoms with Crippen molar-refractivity contribution in [3.05, 3.63) is 64.7 Å². The standard InChI is InChI=1S/C21H21ClN4O2S3/c1-2-11-28-17-9-7-15(8-10-17)12-23-24-19(27)14-30-21-26-25-20(31-21)29-13-16-5-3-4-6-18(16)22/h3-10,12H,2,11,13-14H2,1H3,(H,24,27). The average molecular weight is 493 g/mol. The maximum Gasteiger partial charge on any atom is 0.250 e. The van der Waals surface area contributed by atoms with E-state index in [0.29, 0.717) is 6.61 Å². The molecular formula is C21H21ClN4O2S3. The highest BCUT2D eigenvalue weighted by molar-refractivity contribution is 8.03. The highest BCUT2D eigenvalue weighted by Crippen LogP contribution is 2.32. The number of hydrazone groups is 1. The summed E-state index contributed by atoms with van der Waals surface area (Å²) in [4.78, 5) is 12.0. The van der Waals surface area contributed by atoms with Gasteiger partial charge in [-0.05, 0) is 47.9 Å². The molecule has 0 unspecified atom stereocenters. The van der Waals surface area contributed by atoms with Crippen molar-refractivity contribution in [2.75, 3.05) is 12.4 Å². The van der Waals surface area contributed by atoms with Gasteiger partial charge in [0.2, 0.25) is 0 Å². The topological polar surface area (TPSA) is 76.5 Å². The van der Waals surface area contributed by atoms with E-state index in [2.05, 4.69) is 27.6 Å². The Morgan fingerprint density at radius 2 is 1.90 bits per heavy atom. The number of amides is 1. The van der Waals surface area contributed by atoms with Crippen molar-refractivity contribution < 1.29 is 9.53 Å². The average Bonchev–Trinajstić information content (AvgIpc) is 3.24. The van der Waals surface area contributed by atoms with E-state index >= 15 is 0 Å². The molecule has 0 aliphatic rings. The minimum absolute atomic E-state index is 0.204. The number of halogens is 1. The Labute approximate surface area is 198 Å². The highest BCUT2D eigenvalue weighted by atomic mass is 35.5. The first-order valence-corrected chi connectivity index (χ1v) is 12.7. The van der Waals surface area contributed by atoms with E-state index in [4.69, 9.17) is 16.3 Å². The summed E-state index contributed by atoms with van der Waals surface area (Å²) in [5.74, 6) is 1.55. The Hall–Kier alpha value is -2.07. The van der Waals surface area contributed by atoms with Gasteiger partial charge in [0.15, 0.2) is 8.68 Å². The fraction of sp³-hybridized carbons (Fsp3) is 0.238. The number of thioether (sulfide) groups is 2. The summed E-state index contributed by atoms with van der Waals surface area (Å²) in [5.41, 5.74) is 4.46. The minimum Gasteiger partial charge on any atom is -0.494 e. The van der Waals surface area contributed by atoms with Gasteiger partial charge < -0.3 is 4.74 Å². The molecule has 0 spiro atoms. The maximum atomic E-state index is 12.0. The number of aromatic nitrogens is 2. The predicted octanol–water partition coefficient (Wildman–Crippen LogP) is 5.52. The molecule has 0 saturated carbocycles. The van der Waals surface area contributed by atoms with Gasteiger partial charge in [0.05, 0.1) is 18.6 Å². The molecule has 6 nitrogen and oxygen atoms in total. The van der Waals surface area contributed by atoms with Crippen LogP contribution in [0.15, 0.2) is 62.3 Å². The lowest BCUT2D eigenvalue weighted by Gasteiger charge is -2.03. The molecule has 0 bridgehead atoms. The first kappa shape index (κ1) is 23.6. The number of carbonyl (C=O) groups excluding carboxylic acids is 1. The van der Waals surface area contributed by atoms with Crippen molar-refractivity contribution >= 4 is 58.6 Å². The molecule has 2 aromatic carbocycles. The molecule has 0 saturated heterocycles. The number of rotatable bonds is 11. The van der Waals surface area contributed by atoms with Crippen molar-refractivity contribution in [2.45, 2.75) is 27.8 Å². The number of hydrogen-bond acceptors (Lipinski definition) is 8. The minimum atomic E-state index is -0.204. The van der Waals surface area contributed by atoms with Crippen LogP contribution in [0.4, 0.5) is 0 Å². The number of carbonyl (C=O) groups is 1. The second-order valence-corrected chi connectivity index (χ2v) is 10.0. The summed E-state index contributed by atoms with van der Waals surface area (Å²) < 4.78 is 7.12. The number of nitrogens with one attached hydrogen (secondary N) is 1. The van der Waals surface area contributed by atoms with Crippen LogP contribution in [0.1, 0.15) is 24.5 Å². The first-order valence-electron chi connectivity index (χ1n) is 9.51. The molecule has 0 radical (unpaired) electrons. The van der Waals surface area contributed by atoms with Crippen LogP contribution in [-0.4, -0.2) is 34.7 Å². The van der Waals surface area contributed by atoms with Gasteiger partial charge in [-0.3, -0.25) is 4.79 Å². The van der Waals surface area contributed by atoms with Crippen molar-refractivity contribution in [2.24, 2.45) is 5.10 Å². The summed E-state index contributed by atoms with van der Waals surface area (Å²) in [5, 5.41) is 13.0. The van der Waals surface area contributed by atoms with Gasteiger partial charge in [0, 0.05) is 10.8 Å². The van der Waals surface area contributed by atoms with Crippen LogP contribution in [0.2, 0.25) is 5.02 Å². The van der Waals surface area contributed by atoms with Crippen LogP contribution in [0, 0.1) is 0 Å². The number of nitrogens with zero attached hydrogens (tertiary/aromatic N) is 3. The number of benzene rings is 2. The van der Waals surface area contributed by atoms with Crippen LogP contribution in [0.25, 0.3) is 0 Å². The van der Waals surface area contributed by atoms with Crippen LogP contribution in [0.3, 0.4) is 0 Å². The summed E-state index contributed by atoms with van der Waals surface area (Å²) in [6.07, 6.45) is 2.56. The highest BCUT2D eigenvalue weighted by Gasteiger charge is 2.09. The van der Waals surface area contributed by atoms with Crippen molar-refractivity contribution in [1.82, 2.24) is 15.6 Å². The third kappa shape index (κ3) is 8.17. The van der Waals surface area contributed by atoms with Gasteiger partial charge in [0.1, 0.15) is 5.75 Å². The van der Waals surface area contributed by atoms with E-state index in [1.807, 2.05) is 48.5 Å². The van der Waals surface area contributed by atoms with Crippen molar-refractivity contribution in [3.63, 3.8) is 0 Å². The normalized spacial score (nSPS) is 11.0. The smallest absolute Gasteiger partial charge is 0.250 e. The summed E-state index contributed by atoms with van der Waals surface area (Å²) in [6, 6.07) is 15.3. The molecule has 0 aliphatic carbocycles. The fourth-order valence-electron chi connectivity index (χ4n) is 2.28. The van der Waals surface area contributed by atoms with Crippen molar-refractivity contribution in [1.29, 1.82) is 0 Å². The second kappa shape index (κ2) is 12.7. The molecular weight excluding hydrogens is 472 g/mol. The van der Waals surface area contributed by atoms with Gasteiger partial charge in [0.25, 0.3) is 5.91 Å². The molecule has 1 heterocycles. The third-order valence-electron chi connectivity index (χ3n) is 3.78.